The van der Waals surface area contributed by atoms with Crippen LogP contribution in [0.15, 0.2) is 28.7 Å². The molecule has 0 saturated heterocycles. The third-order valence-corrected chi connectivity index (χ3v) is 4.11. The van der Waals surface area contributed by atoms with Crippen molar-refractivity contribution in [3.05, 3.63) is 34.3 Å². The predicted octanol–water partition coefficient (Wildman–Crippen LogP) is 3.76. The van der Waals surface area contributed by atoms with Crippen LogP contribution in [0.4, 0.5) is 0 Å². The Hall–Kier alpha value is -0.830. The van der Waals surface area contributed by atoms with Crippen molar-refractivity contribution in [3.8, 4) is 0 Å². The standard InChI is InChI=1S/C14H18BrNO/c1-14(2)8-7-10(9-14)16-13(17)11-5-3-4-6-12(11)15/h3-6,10H,7-9H2,1-2H3,(H,16,17). The first-order chi connectivity index (χ1) is 7.98. The monoisotopic (exact) mass is 295 g/mol. The molecule has 0 bridgehead atoms. The number of nitrogens with one attached hydrogen (secondary N) is 1. The summed E-state index contributed by atoms with van der Waals surface area (Å²) in [6.45, 7) is 4.52. The van der Waals surface area contributed by atoms with E-state index in [1.54, 1.807) is 0 Å². The highest BCUT2D eigenvalue weighted by Crippen LogP contribution is 2.37. The van der Waals surface area contributed by atoms with Crippen molar-refractivity contribution < 1.29 is 4.79 Å². The van der Waals surface area contributed by atoms with Crippen LogP contribution in [0, 0.1) is 5.41 Å². The van der Waals surface area contributed by atoms with Gasteiger partial charge in [0.05, 0.1) is 5.56 Å². The molecule has 92 valence electrons. The smallest absolute Gasteiger partial charge is 0.252 e. The van der Waals surface area contributed by atoms with E-state index in [4.69, 9.17) is 0 Å². The summed E-state index contributed by atoms with van der Waals surface area (Å²) in [5, 5.41) is 3.12. The molecule has 3 heteroatoms. The number of amides is 1. The fourth-order valence-corrected chi connectivity index (χ4v) is 2.93. The molecule has 2 nitrogen and oxygen atoms in total. The Morgan fingerprint density at radius 1 is 1.41 bits per heavy atom. The molecule has 1 unspecified atom stereocenters. The normalized spacial score (nSPS) is 22.4. The lowest BCUT2D eigenvalue weighted by Crippen LogP contribution is -2.33. The van der Waals surface area contributed by atoms with Crippen LogP contribution in [-0.4, -0.2) is 11.9 Å². The van der Waals surface area contributed by atoms with E-state index in [2.05, 4.69) is 35.1 Å². The molecule has 1 N–H and O–H groups in total. The highest BCUT2D eigenvalue weighted by atomic mass is 79.9. The zero-order valence-corrected chi connectivity index (χ0v) is 11.9. The van der Waals surface area contributed by atoms with Crippen LogP contribution >= 0.6 is 15.9 Å². The molecule has 1 amide bonds. The second-order valence-corrected chi connectivity index (χ2v) is 6.41. The molecular formula is C14H18BrNO. The highest BCUT2D eigenvalue weighted by molar-refractivity contribution is 9.10. The van der Waals surface area contributed by atoms with Gasteiger partial charge in [-0.05, 0) is 52.7 Å². The van der Waals surface area contributed by atoms with Gasteiger partial charge in [0.2, 0.25) is 0 Å². The first kappa shape index (κ1) is 12.6. The minimum absolute atomic E-state index is 0.0279. The number of hydrogen-bond donors (Lipinski definition) is 1. The molecule has 1 aliphatic rings. The van der Waals surface area contributed by atoms with Gasteiger partial charge in [0.25, 0.3) is 5.91 Å². The van der Waals surface area contributed by atoms with Crippen LogP contribution in [0.2, 0.25) is 0 Å². The lowest BCUT2D eigenvalue weighted by molar-refractivity contribution is 0.0935. The second kappa shape index (κ2) is 4.81. The van der Waals surface area contributed by atoms with E-state index < -0.39 is 0 Å². The summed E-state index contributed by atoms with van der Waals surface area (Å²) in [5.41, 5.74) is 1.09. The molecule has 0 heterocycles. The molecule has 0 aromatic heterocycles. The summed E-state index contributed by atoms with van der Waals surface area (Å²) in [6.07, 6.45) is 3.35. The van der Waals surface area contributed by atoms with Crippen molar-refractivity contribution >= 4 is 21.8 Å². The average molecular weight is 296 g/mol. The first-order valence-corrected chi connectivity index (χ1v) is 6.83. The minimum atomic E-state index is 0.0279. The van der Waals surface area contributed by atoms with E-state index in [1.807, 2.05) is 24.3 Å². The van der Waals surface area contributed by atoms with Crippen LogP contribution in [-0.2, 0) is 0 Å². The Labute approximate surface area is 111 Å². The van der Waals surface area contributed by atoms with Gasteiger partial charge in [-0.2, -0.15) is 0 Å². The Balaban J connectivity index is 2.01. The maximum absolute atomic E-state index is 12.1. The van der Waals surface area contributed by atoms with Crippen molar-refractivity contribution in [2.75, 3.05) is 0 Å². The van der Waals surface area contributed by atoms with Gasteiger partial charge >= 0.3 is 0 Å². The van der Waals surface area contributed by atoms with Gasteiger partial charge in [0, 0.05) is 10.5 Å². The van der Waals surface area contributed by atoms with Crippen molar-refractivity contribution in [2.45, 2.75) is 39.2 Å². The van der Waals surface area contributed by atoms with E-state index >= 15 is 0 Å². The summed E-state index contributed by atoms with van der Waals surface area (Å²) < 4.78 is 0.856. The first-order valence-electron chi connectivity index (χ1n) is 6.03. The largest absolute Gasteiger partial charge is 0.349 e. The summed E-state index contributed by atoms with van der Waals surface area (Å²) in [5.74, 6) is 0.0279. The van der Waals surface area contributed by atoms with Crippen LogP contribution in [0.1, 0.15) is 43.5 Å². The molecule has 0 spiro atoms. The Morgan fingerprint density at radius 2 is 2.12 bits per heavy atom. The average Bonchev–Trinajstić information content (AvgIpc) is 2.58. The van der Waals surface area contributed by atoms with Gasteiger partial charge in [-0.1, -0.05) is 26.0 Å². The van der Waals surface area contributed by atoms with Crippen LogP contribution < -0.4 is 5.32 Å². The molecule has 1 aromatic rings. The fourth-order valence-electron chi connectivity index (χ4n) is 2.47. The molecule has 1 atom stereocenters. The minimum Gasteiger partial charge on any atom is -0.349 e. The van der Waals surface area contributed by atoms with Crippen molar-refractivity contribution in [1.29, 1.82) is 0 Å². The zero-order valence-electron chi connectivity index (χ0n) is 10.3. The van der Waals surface area contributed by atoms with Crippen LogP contribution in [0.25, 0.3) is 0 Å². The molecule has 2 rings (SSSR count). The lowest BCUT2D eigenvalue weighted by atomic mass is 9.92. The topological polar surface area (TPSA) is 29.1 Å². The summed E-state index contributed by atoms with van der Waals surface area (Å²) in [4.78, 5) is 12.1. The maximum Gasteiger partial charge on any atom is 0.252 e. The summed E-state index contributed by atoms with van der Waals surface area (Å²) in [6, 6.07) is 7.87. The van der Waals surface area contributed by atoms with Crippen molar-refractivity contribution in [2.24, 2.45) is 5.41 Å². The molecule has 17 heavy (non-hydrogen) atoms. The Morgan fingerprint density at radius 3 is 2.71 bits per heavy atom. The van der Waals surface area contributed by atoms with Crippen LogP contribution in [0.3, 0.4) is 0 Å². The zero-order chi connectivity index (χ0) is 12.5. The van der Waals surface area contributed by atoms with Crippen molar-refractivity contribution in [1.82, 2.24) is 5.32 Å². The molecule has 0 radical (unpaired) electrons. The number of rotatable bonds is 2. The van der Waals surface area contributed by atoms with Gasteiger partial charge in [0.1, 0.15) is 0 Å². The third-order valence-electron chi connectivity index (χ3n) is 3.42. The third kappa shape index (κ3) is 3.09. The number of benzene rings is 1. The fraction of sp³-hybridized carbons (Fsp3) is 0.500. The Bertz CT molecular complexity index is 428. The van der Waals surface area contributed by atoms with Gasteiger partial charge in [0.15, 0.2) is 0 Å². The van der Waals surface area contributed by atoms with Gasteiger partial charge in [-0.3, -0.25) is 4.79 Å². The van der Waals surface area contributed by atoms with Gasteiger partial charge in [-0.15, -0.1) is 0 Å². The number of carbonyl (C=O) groups excluding carboxylic acids is 1. The quantitative estimate of drug-likeness (QED) is 0.884. The van der Waals surface area contributed by atoms with Gasteiger partial charge < -0.3 is 5.32 Å². The second-order valence-electron chi connectivity index (χ2n) is 5.56. The molecule has 1 aliphatic carbocycles. The van der Waals surface area contributed by atoms with E-state index in [9.17, 15) is 4.79 Å². The summed E-state index contributed by atoms with van der Waals surface area (Å²) in [7, 11) is 0. The molecule has 1 saturated carbocycles. The molecule has 0 aliphatic heterocycles. The van der Waals surface area contributed by atoms with E-state index in [0.717, 1.165) is 22.9 Å². The molecule has 1 aromatic carbocycles. The highest BCUT2D eigenvalue weighted by Gasteiger charge is 2.31. The van der Waals surface area contributed by atoms with Crippen molar-refractivity contribution in [3.63, 3.8) is 0 Å². The maximum atomic E-state index is 12.1. The van der Waals surface area contributed by atoms with Gasteiger partial charge in [-0.25, -0.2) is 0 Å². The molecular weight excluding hydrogens is 278 g/mol. The van der Waals surface area contributed by atoms with Crippen LogP contribution in [0.5, 0.6) is 0 Å². The van der Waals surface area contributed by atoms with E-state index in [1.165, 1.54) is 6.42 Å². The van der Waals surface area contributed by atoms with E-state index in [-0.39, 0.29) is 5.91 Å². The number of halogens is 1. The van der Waals surface area contributed by atoms with E-state index in [0.29, 0.717) is 11.5 Å². The number of carbonyl (C=O) groups is 1. The summed E-state index contributed by atoms with van der Waals surface area (Å²) >= 11 is 3.41. The lowest BCUT2D eigenvalue weighted by Gasteiger charge is -2.18. The number of hydrogen-bond acceptors (Lipinski definition) is 1. The predicted molar refractivity (Wildman–Crippen MR) is 73.0 cm³/mol. The molecule has 1 fully saturated rings. The SMILES string of the molecule is CC1(C)CCC(NC(=O)c2ccccc2Br)C1. The Kier molecular flexibility index (Phi) is 3.57.